The van der Waals surface area contributed by atoms with Gasteiger partial charge in [-0.3, -0.25) is 19.4 Å². The summed E-state index contributed by atoms with van der Waals surface area (Å²) in [7, 11) is 5.02. The summed E-state index contributed by atoms with van der Waals surface area (Å²) in [6.07, 6.45) is 4.12. The molecule has 2 amide bonds. The molecule has 0 bridgehead atoms. The van der Waals surface area contributed by atoms with Crippen molar-refractivity contribution in [1.29, 1.82) is 0 Å². The van der Waals surface area contributed by atoms with E-state index in [1.165, 1.54) is 19.2 Å². The van der Waals surface area contributed by atoms with Crippen LogP contribution in [0.3, 0.4) is 0 Å². The third kappa shape index (κ3) is 5.54. The van der Waals surface area contributed by atoms with Crippen LogP contribution < -0.4 is 20.1 Å². The minimum Gasteiger partial charge on any atom is -0.494 e. The summed E-state index contributed by atoms with van der Waals surface area (Å²) >= 11 is 0. The lowest BCUT2D eigenvalue weighted by molar-refractivity contribution is -0.126. The maximum atomic E-state index is 13.8. The van der Waals surface area contributed by atoms with Crippen LogP contribution in [0.4, 0.5) is 4.39 Å². The van der Waals surface area contributed by atoms with Crippen LogP contribution in [0.25, 0.3) is 0 Å². The molecule has 2 fully saturated rings. The molecule has 1 aromatic carbocycles. The van der Waals surface area contributed by atoms with Crippen molar-refractivity contribution in [2.45, 2.75) is 43.9 Å². The van der Waals surface area contributed by atoms with Gasteiger partial charge in [0.15, 0.2) is 17.7 Å². The van der Waals surface area contributed by atoms with Gasteiger partial charge in [0.05, 0.1) is 13.7 Å². The van der Waals surface area contributed by atoms with Crippen molar-refractivity contribution >= 4 is 12.3 Å². The van der Waals surface area contributed by atoms with Crippen molar-refractivity contribution in [2.75, 3.05) is 34.5 Å². The first kappa shape index (κ1) is 23.7. The highest BCUT2D eigenvalue weighted by Gasteiger charge is 2.40. The maximum absolute atomic E-state index is 13.8. The Hall–Kier alpha value is -3.45. The second-order valence-corrected chi connectivity index (χ2v) is 8.74. The van der Waals surface area contributed by atoms with Gasteiger partial charge in [0.25, 0.3) is 5.91 Å². The van der Waals surface area contributed by atoms with E-state index in [1.807, 2.05) is 11.9 Å². The SMILES string of the molecule is COc1ccc(OCN(C)CC#CC2NC(C(=O)N(C)C3CC3)=C(N(C=O)C3CC3)N2)cc1F. The zero-order valence-electron chi connectivity index (χ0n) is 19.6. The number of nitrogens with one attached hydrogen (secondary N) is 2. The standard InChI is InChI=1S/C24H30FN5O4/c1-28(15-34-18-10-11-20(33-3)19(25)13-18)12-4-5-21-26-22(24(32)29(2)16-6-7-16)23(27-21)30(14-31)17-8-9-17/h10-11,13-14,16-17,21,26-27H,6-9,12,15H2,1-3H3. The molecule has 0 aromatic heterocycles. The van der Waals surface area contributed by atoms with Gasteiger partial charge >= 0.3 is 0 Å². The smallest absolute Gasteiger partial charge is 0.273 e. The molecule has 2 saturated carbocycles. The number of benzene rings is 1. The van der Waals surface area contributed by atoms with Crippen LogP contribution in [0.1, 0.15) is 25.7 Å². The molecule has 0 saturated heterocycles. The van der Waals surface area contributed by atoms with Gasteiger partial charge in [0.1, 0.15) is 24.0 Å². The number of nitrogens with zero attached hydrogens (tertiary/aromatic N) is 3. The lowest BCUT2D eigenvalue weighted by Crippen LogP contribution is -2.37. The van der Waals surface area contributed by atoms with E-state index in [0.717, 1.165) is 32.1 Å². The number of hydrogen-bond donors (Lipinski definition) is 2. The first-order valence-electron chi connectivity index (χ1n) is 11.3. The Labute approximate surface area is 198 Å². The highest BCUT2D eigenvalue weighted by molar-refractivity contribution is 5.94. The molecule has 1 aliphatic heterocycles. The summed E-state index contributed by atoms with van der Waals surface area (Å²) in [5.74, 6) is 6.54. The number of hydrogen-bond acceptors (Lipinski definition) is 7. The number of amides is 2. The van der Waals surface area contributed by atoms with Crippen LogP contribution in [0.5, 0.6) is 11.5 Å². The van der Waals surface area contributed by atoms with Crippen LogP contribution in [-0.4, -0.2) is 79.7 Å². The molecule has 1 heterocycles. The lowest BCUT2D eigenvalue weighted by atomic mass is 10.3. The number of ether oxygens (including phenoxy) is 2. The number of carbonyl (C=O) groups is 2. The largest absolute Gasteiger partial charge is 0.494 e. The van der Waals surface area contributed by atoms with E-state index in [9.17, 15) is 14.0 Å². The van der Waals surface area contributed by atoms with Crippen LogP contribution in [0.2, 0.25) is 0 Å². The zero-order valence-corrected chi connectivity index (χ0v) is 19.6. The van der Waals surface area contributed by atoms with Crippen molar-refractivity contribution in [1.82, 2.24) is 25.3 Å². The molecule has 34 heavy (non-hydrogen) atoms. The predicted octanol–water partition coefficient (Wildman–Crippen LogP) is 1.04. The van der Waals surface area contributed by atoms with E-state index < -0.39 is 12.0 Å². The molecule has 1 unspecified atom stereocenters. The molecule has 9 nitrogen and oxygen atoms in total. The van der Waals surface area contributed by atoms with E-state index in [-0.39, 0.29) is 30.5 Å². The average Bonchev–Trinajstić information content (AvgIpc) is 3.75. The summed E-state index contributed by atoms with van der Waals surface area (Å²) in [6.45, 7) is 0.602. The van der Waals surface area contributed by atoms with Gasteiger partial charge in [-0.15, -0.1) is 0 Å². The molecule has 2 aliphatic carbocycles. The quantitative estimate of drug-likeness (QED) is 0.300. The second kappa shape index (κ2) is 10.2. The number of rotatable bonds is 10. The minimum atomic E-state index is -0.493. The summed E-state index contributed by atoms with van der Waals surface area (Å²) in [4.78, 5) is 29.9. The predicted molar refractivity (Wildman–Crippen MR) is 123 cm³/mol. The maximum Gasteiger partial charge on any atom is 0.273 e. The van der Waals surface area contributed by atoms with E-state index in [2.05, 4.69) is 22.5 Å². The van der Waals surface area contributed by atoms with Crippen LogP contribution >= 0.6 is 0 Å². The van der Waals surface area contributed by atoms with Gasteiger partial charge in [-0.2, -0.15) is 0 Å². The highest BCUT2D eigenvalue weighted by Crippen LogP contribution is 2.31. The van der Waals surface area contributed by atoms with Crippen molar-refractivity contribution < 1.29 is 23.5 Å². The topological polar surface area (TPSA) is 86.4 Å². The normalized spacial score (nSPS) is 19.0. The Morgan fingerprint density at radius 1 is 1.21 bits per heavy atom. The fourth-order valence-electron chi connectivity index (χ4n) is 3.62. The Morgan fingerprint density at radius 2 is 1.94 bits per heavy atom. The van der Waals surface area contributed by atoms with E-state index in [1.54, 1.807) is 22.9 Å². The lowest BCUT2D eigenvalue weighted by Gasteiger charge is -2.21. The van der Waals surface area contributed by atoms with Crippen molar-refractivity contribution in [2.24, 2.45) is 0 Å². The number of methoxy groups -OCH3 is 1. The number of halogens is 1. The Bertz CT molecular complexity index is 1030. The van der Waals surface area contributed by atoms with Gasteiger partial charge in [-0.1, -0.05) is 11.8 Å². The van der Waals surface area contributed by atoms with Gasteiger partial charge in [-0.25, -0.2) is 4.39 Å². The molecule has 1 atom stereocenters. The van der Waals surface area contributed by atoms with E-state index in [0.29, 0.717) is 23.8 Å². The molecule has 10 heteroatoms. The molecule has 3 aliphatic rings. The first-order valence-corrected chi connectivity index (χ1v) is 11.3. The molecule has 182 valence electrons. The van der Waals surface area contributed by atoms with E-state index >= 15 is 0 Å². The summed E-state index contributed by atoms with van der Waals surface area (Å²) in [5, 5.41) is 6.35. The van der Waals surface area contributed by atoms with Crippen LogP contribution in [-0.2, 0) is 9.59 Å². The fourth-order valence-corrected chi connectivity index (χ4v) is 3.62. The molecular weight excluding hydrogens is 441 g/mol. The summed E-state index contributed by atoms with van der Waals surface area (Å²) in [5.41, 5.74) is 0.380. The molecule has 1 aromatic rings. The molecule has 2 N–H and O–H groups in total. The fraction of sp³-hybridized carbons (Fsp3) is 0.500. The summed E-state index contributed by atoms with van der Waals surface area (Å²) in [6, 6.07) is 4.79. The number of carbonyl (C=O) groups excluding carboxylic acids is 2. The van der Waals surface area contributed by atoms with E-state index in [4.69, 9.17) is 9.47 Å². The second-order valence-electron chi connectivity index (χ2n) is 8.74. The molecular formula is C24H30FN5O4. The highest BCUT2D eigenvalue weighted by atomic mass is 19.1. The third-order valence-electron chi connectivity index (χ3n) is 5.92. The van der Waals surface area contributed by atoms with Gasteiger partial charge in [-0.05, 0) is 44.9 Å². The van der Waals surface area contributed by atoms with Gasteiger partial charge in [0, 0.05) is 25.2 Å². The monoisotopic (exact) mass is 471 g/mol. The molecule has 4 rings (SSSR count). The Morgan fingerprint density at radius 3 is 2.56 bits per heavy atom. The third-order valence-corrected chi connectivity index (χ3v) is 5.92. The average molecular weight is 472 g/mol. The first-order chi connectivity index (χ1) is 16.4. The van der Waals surface area contributed by atoms with Gasteiger partial charge < -0.3 is 25.0 Å². The van der Waals surface area contributed by atoms with Crippen LogP contribution in [0.15, 0.2) is 29.7 Å². The minimum absolute atomic E-state index is 0.119. The summed E-state index contributed by atoms with van der Waals surface area (Å²) < 4.78 is 24.3. The van der Waals surface area contributed by atoms with Crippen molar-refractivity contribution in [3.8, 4) is 23.3 Å². The Balaban J connectivity index is 1.33. The van der Waals surface area contributed by atoms with Crippen molar-refractivity contribution in [3.63, 3.8) is 0 Å². The van der Waals surface area contributed by atoms with Crippen LogP contribution in [0, 0.1) is 17.7 Å². The van der Waals surface area contributed by atoms with Gasteiger partial charge in [0.2, 0.25) is 6.41 Å². The molecule has 0 radical (unpaired) electrons. The zero-order chi connectivity index (χ0) is 24.2. The Kier molecular flexibility index (Phi) is 7.12. The number of likely N-dealkylation sites (N-methyl/N-ethyl adjacent to an activating group) is 1. The van der Waals surface area contributed by atoms with Crippen molar-refractivity contribution in [3.05, 3.63) is 35.5 Å². The molecule has 0 spiro atoms.